The van der Waals surface area contributed by atoms with Gasteiger partial charge in [0.2, 0.25) is 0 Å². The van der Waals surface area contributed by atoms with E-state index in [-0.39, 0.29) is 6.61 Å². The first-order chi connectivity index (χ1) is 11.5. The van der Waals surface area contributed by atoms with Crippen LogP contribution in [-0.4, -0.2) is 32.5 Å². The van der Waals surface area contributed by atoms with Crippen LogP contribution >= 0.6 is 0 Å². The quantitative estimate of drug-likeness (QED) is 0.508. The maximum absolute atomic E-state index is 8.58. The van der Waals surface area contributed by atoms with Crippen molar-refractivity contribution in [1.82, 2.24) is 0 Å². The Morgan fingerprint density at radius 2 is 1.75 bits per heavy atom. The Labute approximate surface area is 142 Å². The molecule has 0 aliphatic carbocycles. The van der Waals surface area contributed by atoms with Crippen molar-refractivity contribution in [3.63, 3.8) is 0 Å². The number of hydrogen-bond donors (Lipinski definition) is 5. The normalized spacial score (nSPS) is 9.79. The fourth-order valence-electron chi connectivity index (χ4n) is 1.95. The van der Waals surface area contributed by atoms with Crippen molar-refractivity contribution in [2.45, 2.75) is 6.61 Å². The number of rotatable bonds is 6. The van der Waals surface area contributed by atoms with E-state index in [1.54, 1.807) is 38.5 Å². The smallest absolute Gasteiger partial charge is 0.141 e. The standard InChI is InChI=1S/C9H14N2O2.C8H12N2O/c1-13-9-3-2-7(6-8(9)10)11-4-5-12;1-11-5-6-4-7(9)2-3-8(6)10/h2-3,6,11-12H,4-5,10H2,1H3;2-4H,5,9-10H2,1H3. The number of methoxy groups -OCH3 is 2. The van der Waals surface area contributed by atoms with E-state index in [1.165, 1.54) is 0 Å². The van der Waals surface area contributed by atoms with Crippen molar-refractivity contribution in [3.05, 3.63) is 42.0 Å². The highest BCUT2D eigenvalue weighted by Crippen LogP contribution is 2.24. The van der Waals surface area contributed by atoms with Gasteiger partial charge in [0.15, 0.2) is 0 Å². The van der Waals surface area contributed by atoms with Crippen LogP contribution < -0.4 is 27.3 Å². The first-order valence-electron chi connectivity index (χ1n) is 7.42. The maximum Gasteiger partial charge on any atom is 0.141 e. The lowest BCUT2D eigenvalue weighted by atomic mass is 10.2. The van der Waals surface area contributed by atoms with Crippen molar-refractivity contribution in [3.8, 4) is 5.75 Å². The summed E-state index contributed by atoms with van der Waals surface area (Å²) in [6, 6.07) is 10.8. The fourth-order valence-corrected chi connectivity index (χ4v) is 1.95. The zero-order chi connectivity index (χ0) is 17.9. The van der Waals surface area contributed by atoms with Crippen molar-refractivity contribution in [2.24, 2.45) is 0 Å². The molecule has 0 amide bonds. The van der Waals surface area contributed by atoms with E-state index in [1.807, 2.05) is 12.1 Å². The Balaban J connectivity index is 0.000000243. The van der Waals surface area contributed by atoms with Crippen LogP contribution in [0.1, 0.15) is 5.56 Å². The summed E-state index contributed by atoms with van der Waals surface area (Å²) in [6.07, 6.45) is 0. The number of aliphatic hydroxyl groups is 1. The molecule has 0 saturated heterocycles. The molecule has 0 aromatic heterocycles. The average Bonchev–Trinajstić information content (AvgIpc) is 2.57. The highest BCUT2D eigenvalue weighted by atomic mass is 16.5. The predicted molar refractivity (Wildman–Crippen MR) is 99.0 cm³/mol. The summed E-state index contributed by atoms with van der Waals surface area (Å²) in [4.78, 5) is 0. The molecule has 0 spiro atoms. The second kappa shape index (κ2) is 10.2. The summed E-state index contributed by atoms with van der Waals surface area (Å²) in [5, 5.41) is 11.6. The first kappa shape index (κ1) is 19.4. The molecule has 0 bridgehead atoms. The first-order valence-corrected chi connectivity index (χ1v) is 7.42. The third kappa shape index (κ3) is 6.23. The van der Waals surface area contributed by atoms with Crippen molar-refractivity contribution < 1.29 is 14.6 Å². The van der Waals surface area contributed by atoms with Gasteiger partial charge in [-0.1, -0.05) is 0 Å². The Kier molecular flexibility index (Phi) is 8.24. The van der Waals surface area contributed by atoms with E-state index in [9.17, 15) is 0 Å². The largest absolute Gasteiger partial charge is 0.495 e. The summed E-state index contributed by atoms with van der Waals surface area (Å²) >= 11 is 0. The van der Waals surface area contributed by atoms with Crippen molar-refractivity contribution in [2.75, 3.05) is 49.9 Å². The van der Waals surface area contributed by atoms with Gasteiger partial charge in [-0.15, -0.1) is 0 Å². The number of nitrogen functional groups attached to an aromatic ring is 3. The van der Waals surface area contributed by atoms with Gasteiger partial charge in [-0.2, -0.15) is 0 Å². The molecule has 7 nitrogen and oxygen atoms in total. The van der Waals surface area contributed by atoms with Gasteiger partial charge < -0.3 is 37.1 Å². The number of nitrogens with one attached hydrogen (secondary N) is 1. The van der Waals surface area contributed by atoms with Gasteiger partial charge in [0.25, 0.3) is 0 Å². The summed E-state index contributed by atoms with van der Waals surface area (Å²) in [6.45, 7) is 1.13. The van der Waals surface area contributed by atoms with Gasteiger partial charge in [0.05, 0.1) is 26.0 Å². The number of anilines is 4. The molecule has 0 saturated carbocycles. The van der Waals surface area contributed by atoms with Crippen LogP contribution in [0.5, 0.6) is 5.75 Å². The van der Waals surface area contributed by atoms with E-state index in [2.05, 4.69) is 5.32 Å². The van der Waals surface area contributed by atoms with E-state index >= 15 is 0 Å². The van der Waals surface area contributed by atoms with Gasteiger partial charge in [-0.05, 0) is 36.4 Å². The predicted octanol–water partition coefficient (Wildman–Crippen LogP) is 1.68. The van der Waals surface area contributed by atoms with Crippen molar-refractivity contribution >= 4 is 22.7 Å². The second-order valence-corrected chi connectivity index (χ2v) is 5.00. The van der Waals surface area contributed by atoms with Gasteiger partial charge in [0.1, 0.15) is 5.75 Å². The van der Waals surface area contributed by atoms with Gasteiger partial charge >= 0.3 is 0 Å². The molecule has 2 aromatic rings. The number of nitrogens with two attached hydrogens (primary N) is 3. The monoisotopic (exact) mass is 334 g/mol. The molecule has 2 rings (SSSR count). The van der Waals surface area contributed by atoms with Crippen LogP contribution in [-0.2, 0) is 11.3 Å². The lowest BCUT2D eigenvalue weighted by Crippen LogP contribution is -2.05. The minimum Gasteiger partial charge on any atom is -0.495 e. The Morgan fingerprint density at radius 3 is 2.33 bits per heavy atom. The third-order valence-corrected chi connectivity index (χ3v) is 3.14. The molecule has 24 heavy (non-hydrogen) atoms. The van der Waals surface area contributed by atoms with E-state index in [0.717, 1.165) is 16.9 Å². The van der Waals surface area contributed by atoms with Crippen LogP contribution in [0.2, 0.25) is 0 Å². The van der Waals surface area contributed by atoms with Crippen LogP contribution in [0.3, 0.4) is 0 Å². The average molecular weight is 334 g/mol. The maximum atomic E-state index is 8.58. The summed E-state index contributed by atoms with van der Waals surface area (Å²) in [5.41, 5.74) is 20.7. The SMILES string of the molecule is COCc1cc(N)ccc1N.COc1ccc(NCCO)cc1N. The summed E-state index contributed by atoms with van der Waals surface area (Å²) in [7, 11) is 3.20. The molecule has 0 radical (unpaired) electrons. The Morgan fingerprint density at radius 1 is 1.00 bits per heavy atom. The summed E-state index contributed by atoms with van der Waals surface area (Å²) < 4.78 is 9.93. The lowest BCUT2D eigenvalue weighted by Gasteiger charge is -2.08. The summed E-state index contributed by atoms with van der Waals surface area (Å²) in [5.74, 6) is 0.662. The van der Waals surface area contributed by atoms with Crippen LogP contribution in [0.4, 0.5) is 22.7 Å². The molecule has 8 N–H and O–H groups in total. The molecule has 0 aliphatic rings. The molecular weight excluding hydrogens is 308 g/mol. The second-order valence-electron chi connectivity index (χ2n) is 5.00. The highest BCUT2D eigenvalue weighted by molar-refractivity contribution is 5.62. The molecule has 132 valence electrons. The highest BCUT2D eigenvalue weighted by Gasteiger charge is 1.99. The third-order valence-electron chi connectivity index (χ3n) is 3.14. The van der Waals surface area contributed by atoms with Crippen LogP contribution in [0, 0.1) is 0 Å². The van der Waals surface area contributed by atoms with E-state index in [4.69, 9.17) is 31.8 Å². The number of aliphatic hydroxyl groups excluding tert-OH is 1. The molecule has 0 fully saturated rings. The molecule has 0 atom stereocenters. The molecular formula is C17H26N4O3. The number of benzene rings is 2. The minimum absolute atomic E-state index is 0.103. The Hall–Kier alpha value is -2.64. The van der Waals surface area contributed by atoms with Gasteiger partial charge in [0, 0.05) is 36.3 Å². The van der Waals surface area contributed by atoms with Gasteiger partial charge in [-0.3, -0.25) is 0 Å². The van der Waals surface area contributed by atoms with E-state index < -0.39 is 0 Å². The fraction of sp³-hybridized carbons (Fsp3) is 0.294. The van der Waals surface area contributed by atoms with Crippen LogP contribution in [0.15, 0.2) is 36.4 Å². The molecule has 2 aromatic carbocycles. The molecule has 0 aliphatic heterocycles. The van der Waals surface area contributed by atoms with Gasteiger partial charge in [-0.25, -0.2) is 0 Å². The molecule has 0 heterocycles. The minimum atomic E-state index is 0.103. The topological polar surface area (TPSA) is 129 Å². The molecule has 0 unspecified atom stereocenters. The Bertz CT molecular complexity index is 635. The van der Waals surface area contributed by atoms with E-state index in [0.29, 0.717) is 30.3 Å². The number of ether oxygens (including phenoxy) is 2. The zero-order valence-corrected chi connectivity index (χ0v) is 14.1. The lowest BCUT2D eigenvalue weighted by molar-refractivity contribution is 0.185. The van der Waals surface area contributed by atoms with Crippen molar-refractivity contribution in [1.29, 1.82) is 0 Å². The number of hydrogen-bond acceptors (Lipinski definition) is 7. The molecule has 7 heteroatoms. The van der Waals surface area contributed by atoms with Crippen LogP contribution in [0.25, 0.3) is 0 Å². The zero-order valence-electron chi connectivity index (χ0n) is 14.1.